The van der Waals surface area contributed by atoms with Crippen molar-refractivity contribution < 1.29 is 13.6 Å². The topological polar surface area (TPSA) is 64.7 Å². The molecule has 0 saturated heterocycles. The monoisotopic (exact) mass is 395 g/mol. The number of rotatable bonds is 6. The van der Waals surface area contributed by atoms with Crippen LogP contribution < -0.4 is 5.32 Å². The van der Waals surface area contributed by atoms with Gasteiger partial charge in [-0.2, -0.15) is 10.2 Å². The van der Waals surface area contributed by atoms with E-state index in [0.717, 1.165) is 21.0 Å². The summed E-state index contributed by atoms with van der Waals surface area (Å²) in [6, 6.07) is 15.5. The molecule has 1 amide bonds. The second kappa shape index (κ2) is 7.83. The highest BCUT2D eigenvalue weighted by atomic mass is 19.3. The van der Waals surface area contributed by atoms with Crippen molar-refractivity contribution in [3.63, 3.8) is 0 Å². The Morgan fingerprint density at radius 1 is 1.17 bits per heavy atom. The molecule has 148 valence electrons. The van der Waals surface area contributed by atoms with Gasteiger partial charge in [0.15, 0.2) is 0 Å². The van der Waals surface area contributed by atoms with E-state index in [9.17, 15) is 13.6 Å². The van der Waals surface area contributed by atoms with E-state index < -0.39 is 12.3 Å². The van der Waals surface area contributed by atoms with E-state index in [1.807, 2.05) is 24.3 Å². The Labute approximate surface area is 165 Å². The largest absolute Gasteiger partial charge is 0.322 e. The van der Waals surface area contributed by atoms with E-state index in [-0.39, 0.29) is 12.2 Å². The lowest BCUT2D eigenvalue weighted by atomic mass is 10.0. The van der Waals surface area contributed by atoms with Gasteiger partial charge in [-0.3, -0.25) is 14.2 Å². The number of hydrogen-bond acceptors (Lipinski definition) is 3. The molecular weight excluding hydrogens is 376 g/mol. The number of benzene rings is 2. The molecule has 0 bridgehead atoms. The molecule has 8 heteroatoms. The number of amides is 1. The van der Waals surface area contributed by atoms with Crippen molar-refractivity contribution in [1.82, 2.24) is 19.6 Å². The first-order valence-electron chi connectivity index (χ1n) is 9.11. The Kier molecular flexibility index (Phi) is 5.07. The maximum absolute atomic E-state index is 13.0. The molecule has 0 fully saturated rings. The zero-order valence-corrected chi connectivity index (χ0v) is 15.7. The summed E-state index contributed by atoms with van der Waals surface area (Å²) in [7, 11) is 0. The molecule has 0 spiro atoms. The van der Waals surface area contributed by atoms with E-state index in [1.54, 1.807) is 17.8 Å². The van der Waals surface area contributed by atoms with Crippen LogP contribution in [0.3, 0.4) is 0 Å². The molecule has 0 aliphatic heterocycles. The van der Waals surface area contributed by atoms with Gasteiger partial charge in [-0.15, -0.1) is 0 Å². The first-order chi connectivity index (χ1) is 14.0. The van der Waals surface area contributed by atoms with Crippen LogP contribution in [0, 0.1) is 6.92 Å². The molecule has 29 heavy (non-hydrogen) atoms. The third kappa shape index (κ3) is 4.16. The average molecular weight is 395 g/mol. The summed E-state index contributed by atoms with van der Waals surface area (Å²) in [4.78, 5) is 12.3. The van der Waals surface area contributed by atoms with Gasteiger partial charge in [-0.1, -0.05) is 42.5 Å². The van der Waals surface area contributed by atoms with Crippen molar-refractivity contribution in [3.05, 3.63) is 77.9 Å². The number of aromatic nitrogens is 4. The number of hydrogen-bond donors (Lipinski definition) is 1. The van der Waals surface area contributed by atoms with E-state index in [4.69, 9.17) is 0 Å². The van der Waals surface area contributed by atoms with Crippen LogP contribution in [-0.4, -0.2) is 25.5 Å². The number of nitrogens with one attached hydrogen (secondary N) is 1. The maximum atomic E-state index is 13.0. The van der Waals surface area contributed by atoms with Crippen molar-refractivity contribution in [1.29, 1.82) is 0 Å². The summed E-state index contributed by atoms with van der Waals surface area (Å²) in [5.74, 6) is -0.445. The fourth-order valence-corrected chi connectivity index (χ4v) is 3.32. The molecule has 2 aromatic heterocycles. The summed E-state index contributed by atoms with van der Waals surface area (Å²) in [6.07, 6.45) is 0.556. The molecule has 2 heterocycles. The van der Waals surface area contributed by atoms with Crippen molar-refractivity contribution in [2.45, 2.75) is 26.4 Å². The molecule has 0 aliphatic rings. The van der Waals surface area contributed by atoms with Gasteiger partial charge in [0, 0.05) is 6.20 Å². The van der Waals surface area contributed by atoms with Crippen LogP contribution in [-0.2, 0) is 17.9 Å². The standard InChI is InChI=1S/C21H19F2N5O/c1-14-9-19(21(22)23)28(26-14)13-20(29)25-17-10-24-27(12-17)11-16-7-4-6-15-5-2-3-8-18(15)16/h2-10,12,21H,11,13H2,1H3,(H,25,29). The molecule has 6 nitrogen and oxygen atoms in total. The van der Waals surface area contributed by atoms with Gasteiger partial charge in [0.1, 0.15) is 12.2 Å². The van der Waals surface area contributed by atoms with Crippen LogP contribution >= 0.6 is 0 Å². The first-order valence-corrected chi connectivity index (χ1v) is 9.11. The van der Waals surface area contributed by atoms with Crippen molar-refractivity contribution >= 4 is 22.4 Å². The van der Waals surface area contributed by atoms with Gasteiger partial charge in [0.25, 0.3) is 6.43 Å². The van der Waals surface area contributed by atoms with Gasteiger partial charge in [-0.25, -0.2) is 8.78 Å². The second-order valence-electron chi connectivity index (χ2n) is 6.78. The van der Waals surface area contributed by atoms with Crippen LogP contribution in [0.15, 0.2) is 60.9 Å². The Morgan fingerprint density at radius 2 is 1.97 bits per heavy atom. The molecule has 0 atom stereocenters. The number of aryl methyl sites for hydroxylation is 1. The number of alkyl halides is 2. The van der Waals surface area contributed by atoms with Crippen molar-refractivity contribution in [3.8, 4) is 0 Å². The van der Waals surface area contributed by atoms with E-state index >= 15 is 0 Å². The quantitative estimate of drug-likeness (QED) is 0.533. The summed E-state index contributed by atoms with van der Waals surface area (Å²) in [5, 5.41) is 13.2. The summed E-state index contributed by atoms with van der Waals surface area (Å²) < 4.78 is 28.8. The Hall–Kier alpha value is -3.55. The maximum Gasteiger partial charge on any atom is 0.280 e. The lowest BCUT2D eigenvalue weighted by Gasteiger charge is -2.07. The van der Waals surface area contributed by atoms with Gasteiger partial charge in [-0.05, 0) is 29.3 Å². The zero-order chi connectivity index (χ0) is 20.4. The first kappa shape index (κ1) is 18.8. The fourth-order valence-electron chi connectivity index (χ4n) is 3.32. The third-order valence-electron chi connectivity index (χ3n) is 4.58. The summed E-state index contributed by atoms with van der Waals surface area (Å²) in [6.45, 7) is 1.87. The number of carbonyl (C=O) groups excluding carboxylic acids is 1. The van der Waals surface area contributed by atoms with Crippen LogP contribution in [0.4, 0.5) is 14.5 Å². The minimum absolute atomic E-state index is 0.274. The Bertz CT molecular complexity index is 1160. The van der Waals surface area contributed by atoms with Crippen LogP contribution in [0.5, 0.6) is 0 Å². The molecule has 4 rings (SSSR count). The number of anilines is 1. The van der Waals surface area contributed by atoms with Gasteiger partial charge >= 0.3 is 0 Å². The highest BCUT2D eigenvalue weighted by Crippen LogP contribution is 2.21. The minimum Gasteiger partial charge on any atom is -0.322 e. The van der Waals surface area contributed by atoms with E-state index in [2.05, 4.69) is 33.7 Å². The predicted molar refractivity (Wildman–Crippen MR) is 106 cm³/mol. The van der Waals surface area contributed by atoms with Crippen molar-refractivity contribution in [2.75, 3.05) is 5.32 Å². The predicted octanol–water partition coefficient (Wildman–Crippen LogP) is 4.17. The number of fused-ring (bicyclic) bond motifs is 1. The van der Waals surface area contributed by atoms with Gasteiger partial charge in [0.2, 0.25) is 5.91 Å². The molecule has 2 aromatic carbocycles. The fraction of sp³-hybridized carbons (Fsp3) is 0.190. The van der Waals surface area contributed by atoms with Crippen molar-refractivity contribution in [2.24, 2.45) is 0 Å². The normalized spacial score (nSPS) is 11.3. The van der Waals surface area contributed by atoms with Gasteiger partial charge in [0.05, 0.1) is 24.1 Å². The number of nitrogens with zero attached hydrogens (tertiary/aromatic N) is 4. The lowest BCUT2D eigenvalue weighted by Crippen LogP contribution is -2.21. The molecular formula is C21H19F2N5O. The molecule has 0 saturated carbocycles. The average Bonchev–Trinajstić information content (AvgIpc) is 3.28. The Balaban J connectivity index is 1.45. The molecule has 0 aliphatic carbocycles. The number of carbonyl (C=O) groups is 1. The second-order valence-corrected chi connectivity index (χ2v) is 6.78. The SMILES string of the molecule is Cc1cc(C(F)F)n(CC(=O)Nc2cnn(Cc3cccc4ccccc34)c2)n1. The molecule has 0 radical (unpaired) electrons. The summed E-state index contributed by atoms with van der Waals surface area (Å²) >= 11 is 0. The molecule has 1 N–H and O–H groups in total. The third-order valence-corrected chi connectivity index (χ3v) is 4.58. The zero-order valence-electron chi connectivity index (χ0n) is 15.7. The lowest BCUT2D eigenvalue weighted by molar-refractivity contribution is -0.117. The van der Waals surface area contributed by atoms with Crippen LogP contribution in [0.2, 0.25) is 0 Å². The summed E-state index contributed by atoms with van der Waals surface area (Å²) in [5.41, 5.74) is 1.77. The molecule has 4 aromatic rings. The smallest absolute Gasteiger partial charge is 0.280 e. The number of halogens is 2. The van der Waals surface area contributed by atoms with Gasteiger partial charge < -0.3 is 5.32 Å². The van der Waals surface area contributed by atoms with Crippen LogP contribution in [0.25, 0.3) is 10.8 Å². The minimum atomic E-state index is -2.69. The molecule has 0 unspecified atom stereocenters. The van der Waals surface area contributed by atoms with E-state index in [1.165, 1.54) is 12.3 Å². The van der Waals surface area contributed by atoms with E-state index in [0.29, 0.717) is 17.9 Å². The van der Waals surface area contributed by atoms with Crippen LogP contribution in [0.1, 0.15) is 23.4 Å². The Morgan fingerprint density at radius 3 is 2.79 bits per heavy atom. The highest BCUT2D eigenvalue weighted by molar-refractivity contribution is 5.90. The highest BCUT2D eigenvalue weighted by Gasteiger charge is 2.17.